The van der Waals surface area contributed by atoms with Crippen LogP contribution in [0.15, 0.2) is 42.5 Å². The summed E-state index contributed by atoms with van der Waals surface area (Å²) in [6.45, 7) is 6.06. The highest BCUT2D eigenvalue weighted by Gasteiger charge is 2.17. The van der Waals surface area contributed by atoms with E-state index in [0.717, 1.165) is 22.2 Å². The number of rotatable bonds is 3. The van der Waals surface area contributed by atoms with Crippen molar-refractivity contribution in [3.05, 3.63) is 53.1 Å². The number of nitrogens with one attached hydrogen (secondary N) is 1. The number of ether oxygens (including phenoxy) is 1. The number of nitrogens with zero attached hydrogens (tertiary/aromatic N) is 2. The number of nitriles is 1. The first-order valence-electron chi connectivity index (χ1n) is 8.77. The Morgan fingerprint density at radius 2 is 1.89 bits per heavy atom. The number of anilines is 1. The van der Waals surface area contributed by atoms with Crippen LogP contribution in [0.1, 0.15) is 26.3 Å². The molecule has 0 saturated carbocycles. The van der Waals surface area contributed by atoms with Gasteiger partial charge < -0.3 is 9.30 Å². The van der Waals surface area contributed by atoms with E-state index in [1.165, 1.54) is 0 Å². The van der Waals surface area contributed by atoms with Crippen molar-refractivity contribution in [3.63, 3.8) is 0 Å². The normalized spacial score (nSPS) is 9.93. The highest BCUT2D eigenvalue weighted by Crippen LogP contribution is 2.34. The minimum Gasteiger partial charge on any atom is -0.450 e. The smallest absolute Gasteiger partial charge is 0.411 e. The van der Waals surface area contributed by atoms with Gasteiger partial charge in [-0.05, 0) is 42.8 Å². The first-order valence-corrected chi connectivity index (χ1v) is 9.15. The van der Waals surface area contributed by atoms with Crippen LogP contribution in [0.25, 0.3) is 22.2 Å². The molecule has 5 nitrogen and oxygen atoms in total. The number of carbonyl (C=O) groups excluding carboxylic acids is 1. The molecule has 6 heteroatoms. The summed E-state index contributed by atoms with van der Waals surface area (Å²) < 4.78 is 6.83. The molecule has 2 aromatic carbocycles. The molecule has 1 aromatic heterocycles. The molecule has 0 fully saturated rings. The minimum absolute atomic E-state index is 0.313. The lowest BCUT2D eigenvalue weighted by Crippen LogP contribution is -2.13. The van der Waals surface area contributed by atoms with Crippen LogP contribution in [-0.4, -0.2) is 17.3 Å². The Morgan fingerprint density at radius 1 is 1.22 bits per heavy atom. The van der Waals surface area contributed by atoms with E-state index >= 15 is 0 Å². The Balaban J connectivity index is 0.00000126. The quantitative estimate of drug-likeness (QED) is 0.606. The van der Waals surface area contributed by atoms with Crippen LogP contribution in [0, 0.1) is 11.3 Å². The van der Waals surface area contributed by atoms with Gasteiger partial charge in [-0.3, -0.25) is 5.32 Å². The van der Waals surface area contributed by atoms with Crippen LogP contribution in [0.5, 0.6) is 0 Å². The lowest BCUT2D eigenvalue weighted by molar-refractivity contribution is 0.168. The van der Waals surface area contributed by atoms with Gasteiger partial charge in [0.15, 0.2) is 0 Å². The third-order valence-corrected chi connectivity index (χ3v) is 4.19. The SMILES string of the molecule is CC.CCOC(=O)Nc1ccc(-c2c(C#N)c3cc(Cl)ccc3n2C)cc1. The van der Waals surface area contributed by atoms with Crippen LogP contribution < -0.4 is 5.32 Å². The predicted octanol–water partition coefficient (Wildman–Crippen LogP) is 5.96. The molecule has 27 heavy (non-hydrogen) atoms. The number of aromatic nitrogens is 1. The summed E-state index contributed by atoms with van der Waals surface area (Å²) in [7, 11) is 1.91. The standard InChI is InChI=1S/C19H16ClN3O2.C2H6/c1-3-25-19(24)22-14-7-4-12(5-8-14)18-16(11-21)15-10-13(20)6-9-17(15)23(18)2;1-2/h4-10H,3H2,1-2H3,(H,22,24);1-2H3. The van der Waals surface area contributed by atoms with E-state index in [4.69, 9.17) is 16.3 Å². The van der Waals surface area contributed by atoms with E-state index < -0.39 is 6.09 Å². The summed E-state index contributed by atoms with van der Waals surface area (Å²) in [5.41, 5.74) is 3.82. The van der Waals surface area contributed by atoms with Gasteiger partial charge in [0.05, 0.1) is 17.9 Å². The zero-order chi connectivity index (χ0) is 20.0. The molecule has 0 radical (unpaired) electrons. The largest absolute Gasteiger partial charge is 0.450 e. The lowest BCUT2D eigenvalue weighted by Gasteiger charge is -2.08. The Labute approximate surface area is 164 Å². The maximum Gasteiger partial charge on any atom is 0.411 e. The number of aryl methyl sites for hydroxylation is 1. The predicted molar refractivity (Wildman–Crippen MR) is 110 cm³/mol. The molecule has 0 aliphatic carbocycles. The summed E-state index contributed by atoms with van der Waals surface area (Å²) in [5.74, 6) is 0. The third kappa shape index (κ3) is 4.24. The summed E-state index contributed by atoms with van der Waals surface area (Å²) in [6, 6.07) is 15.1. The Bertz CT molecular complexity index is 985. The Kier molecular flexibility index (Phi) is 6.86. The van der Waals surface area contributed by atoms with Gasteiger partial charge in [0, 0.05) is 28.7 Å². The fourth-order valence-electron chi connectivity index (χ4n) is 2.86. The van der Waals surface area contributed by atoms with Crippen molar-refractivity contribution in [1.29, 1.82) is 5.26 Å². The molecule has 1 amide bonds. The van der Waals surface area contributed by atoms with E-state index in [0.29, 0.717) is 22.9 Å². The zero-order valence-electron chi connectivity index (χ0n) is 15.8. The van der Waals surface area contributed by atoms with Crippen molar-refractivity contribution < 1.29 is 9.53 Å². The average molecular weight is 384 g/mol. The fraction of sp³-hybridized carbons (Fsp3) is 0.238. The van der Waals surface area contributed by atoms with Gasteiger partial charge in [-0.15, -0.1) is 0 Å². The number of benzene rings is 2. The molecule has 1 heterocycles. The first kappa shape index (κ1) is 20.3. The number of carbonyl (C=O) groups is 1. The number of amides is 1. The van der Waals surface area contributed by atoms with E-state index in [1.54, 1.807) is 31.2 Å². The van der Waals surface area contributed by atoms with E-state index in [-0.39, 0.29) is 0 Å². The maximum atomic E-state index is 11.5. The molecule has 0 aliphatic rings. The van der Waals surface area contributed by atoms with E-state index in [2.05, 4.69) is 11.4 Å². The van der Waals surface area contributed by atoms with E-state index in [1.807, 2.05) is 43.7 Å². The van der Waals surface area contributed by atoms with Crippen molar-refractivity contribution in [3.8, 4) is 17.3 Å². The number of fused-ring (bicyclic) bond motifs is 1. The summed E-state index contributed by atoms with van der Waals surface area (Å²) >= 11 is 6.08. The second kappa shape index (κ2) is 9.11. The molecule has 0 unspecified atom stereocenters. The highest BCUT2D eigenvalue weighted by molar-refractivity contribution is 6.31. The van der Waals surface area contributed by atoms with Gasteiger partial charge in [0.2, 0.25) is 0 Å². The van der Waals surface area contributed by atoms with Gasteiger partial charge in [-0.2, -0.15) is 5.26 Å². The van der Waals surface area contributed by atoms with Gasteiger partial charge in [0.1, 0.15) is 6.07 Å². The highest BCUT2D eigenvalue weighted by atomic mass is 35.5. The first-order chi connectivity index (χ1) is 13.0. The minimum atomic E-state index is -0.493. The zero-order valence-corrected chi connectivity index (χ0v) is 16.6. The molecule has 0 saturated heterocycles. The molecular weight excluding hydrogens is 362 g/mol. The van der Waals surface area contributed by atoms with Gasteiger partial charge in [-0.1, -0.05) is 37.6 Å². The second-order valence-electron chi connectivity index (χ2n) is 5.48. The Hall–Kier alpha value is -2.97. The van der Waals surface area contributed by atoms with Crippen LogP contribution in [-0.2, 0) is 11.8 Å². The van der Waals surface area contributed by atoms with Gasteiger partial charge in [0.25, 0.3) is 0 Å². The summed E-state index contributed by atoms with van der Waals surface area (Å²) in [5, 5.41) is 13.7. The van der Waals surface area contributed by atoms with Crippen LogP contribution >= 0.6 is 11.6 Å². The number of hydrogen-bond donors (Lipinski definition) is 1. The number of hydrogen-bond acceptors (Lipinski definition) is 3. The van der Waals surface area contributed by atoms with Crippen LogP contribution in [0.4, 0.5) is 10.5 Å². The molecule has 3 aromatic rings. The van der Waals surface area contributed by atoms with Gasteiger partial charge in [-0.25, -0.2) is 4.79 Å². The summed E-state index contributed by atoms with van der Waals surface area (Å²) in [4.78, 5) is 11.5. The van der Waals surface area contributed by atoms with E-state index in [9.17, 15) is 10.1 Å². The van der Waals surface area contributed by atoms with Crippen molar-refractivity contribution in [1.82, 2.24) is 4.57 Å². The summed E-state index contributed by atoms with van der Waals surface area (Å²) in [6.07, 6.45) is -0.493. The van der Waals surface area contributed by atoms with Crippen molar-refractivity contribution >= 4 is 34.3 Å². The molecular formula is C21H22ClN3O2. The fourth-order valence-corrected chi connectivity index (χ4v) is 3.04. The molecule has 3 rings (SSSR count). The molecule has 0 aliphatic heterocycles. The molecule has 1 N–H and O–H groups in total. The van der Waals surface area contributed by atoms with Crippen LogP contribution in [0.2, 0.25) is 5.02 Å². The van der Waals surface area contributed by atoms with Crippen molar-refractivity contribution in [2.75, 3.05) is 11.9 Å². The average Bonchev–Trinajstić information content (AvgIpc) is 2.95. The van der Waals surface area contributed by atoms with Gasteiger partial charge >= 0.3 is 6.09 Å². The third-order valence-electron chi connectivity index (χ3n) is 3.95. The molecule has 0 spiro atoms. The topological polar surface area (TPSA) is 67.0 Å². The number of halogens is 1. The lowest BCUT2D eigenvalue weighted by atomic mass is 10.1. The Morgan fingerprint density at radius 3 is 2.48 bits per heavy atom. The second-order valence-corrected chi connectivity index (χ2v) is 5.92. The molecule has 140 valence electrons. The molecule has 0 atom stereocenters. The monoisotopic (exact) mass is 383 g/mol. The van der Waals surface area contributed by atoms with Crippen molar-refractivity contribution in [2.24, 2.45) is 7.05 Å². The molecule has 0 bridgehead atoms. The van der Waals surface area contributed by atoms with Crippen molar-refractivity contribution in [2.45, 2.75) is 20.8 Å². The van der Waals surface area contributed by atoms with Crippen LogP contribution in [0.3, 0.4) is 0 Å². The maximum absolute atomic E-state index is 11.5.